The van der Waals surface area contributed by atoms with Gasteiger partial charge in [0.1, 0.15) is 23.1 Å². The monoisotopic (exact) mass is 338 g/mol. The van der Waals surface area contributed by atoms with Gasteiger partial charge in [-0.05, 0) is 30.7 Å². The highest BCUT2D eigenvalue weighted by atomic mass is 16.6. The van der Waals surface area contributed by atoms with Gasteiger partial charge in [-0.3, -0.25) is 14.9 Å². The summed E-state index contributed by atoms with van der Waals surface area (Å²) in [6.07, 6.45) is 1.12. The van der Waals surface area contributed by atoms with Crippen molar-refractivity contribution in [3.63, 3.8) is 0 Å². The highest BCUT2D eigenvalue weighted by Crippen LogP contribution is 2.25. The van der Waals surface area contributed by atoms with Gasteiger partial charge >= 0.3 is 0 Å². The molecule has 0 unspecified atom stereocenters. The summed E-state index contributed by atoms with van der Waals surface area (Å²) in [4.78, 5) is 22.5. The predicted molar refractivity (Wildman–Crippen MR) is 91.9 cm³/mol. The fraction of sp³-hybridized carbons (Fsp3) is 0.0588. The maximum Gasteiger partial charge on any atom is 0.292 e. The molecule has 2 aromatic rings. The van der Waals surface area contributed by atoms with Crippen LogP contribution in [0.15, 0.2) is 54.2 Å². The van der Waals surface area contributed by atoms with Crippen LogP contribution in [0.2, 0.25) is 0 Å². The van der Waals surface area contributed by atoms with Crippen molar-refractivity contribution in [1.82, 2.24) is 0 Å². The summed E-state index contributed by atoms with van der Waals surface area (Å²) < 4.78 is 0. The van der Waals surface area contributed by atoms with Crippen LogP contribution in [0.1, 0.15) is 5.56 Å². The summed E-state index contributed by atoms with van der Waals surface area (Å²) >= 11 is 0. The molecular weight excluding hydrogens is 324 g/mol. The first-order valence-corrected chi connectivity index (χ1v) is 7.13. The number of aryl methyl sites for hydroxylation is 1. The summed E-state index contributed by atoms with van der Waals surface area (Å²) in [7, 11) is 0. The summed E-state index contributed by atoms with van der Waals surface area (Å²) in [5.41, 5.74) is 0.594. The predicted octanol–water partition coefficient (Wildman–Crippen LogP) is 3.07. The van der Waals surface area contributed by atoms with E-state index in [0.29, 0.717) is 5.69 Å². The van der Waals surface area contributed by atoms with Gasteiger partial charge in [0.2, 0.25) is 0 Å². The quantitative estimate of drug-likeness (QED) is 0.253. The van der Waals surface area contributed by atoms with Gasteiger partial charge in [0.15, 0.2) is 0 Å². The lowest BCUT2D eigenvalue weighted by Gasteiger charge is -2.07. The third-order valence-corrected chi connectivity index (χ3v) is 3.24. The summed E-state index contributed by atoms with van der Waals surface area (Å²) in [5.74, 6) is -0.852. The highest BCUT2D eigenvalue weighted by molar-refractivity contribution is 6.07. The van der Waals surface area contributed by atoms with Crippen molar-refractivity contribution in [3.8, 4) is 11.8 Å². The number of nitriles is 1. The zero-order valence-electron chi connectivity index (χ0n) is 13.2. The number of benzene rings is 2. The van der Waals surface area contributed by atoms with E-state index in [0.717, 1.165) is 11.8 Å². The van der Waals surface area contributed by atoms with Crippen LogP contribution in [0.25, 0.3) is 0 Å². The van der Waals surface area contributed by atoms with E-state index in [-0.39, 0.29) is 22.7 Å². The molecule has 0 aromatic heterocycles. The average Bonchev–Trinajstić information content (AvgIpc) is 2.58. The maximum atomic E-state index is 12.2. The maximum absolute atomic E-state index is 12.2. The largest absolute Gasteiger partial charge is 0.506 e. The Morgan fingerprint density at radius 3 is 2.68 bits per heavy atom. The molecule has 0 fully saturated rings. The standard InChI is InChI=1S/C17H14N4O4/c1-11-6-7-16(22)14(8-11)19-10-12(9-18)17(23)20-13-4-2-3-5-15(13)21(24)25/h2-8,10,19,22H,1H3,(H,20,23)/b12-10-. The summed E-state index contributed by atoms with van der Waals surface area (Å²) in [5, 5.41) is 34.8. The lowest BCUT2D eigenvalue weighted by molar-refractivity contribution is -0.383. The molecule has 0 spiro atoms. The third kappa shape index (κ3) is 4.33. The van der Waals surface area contributed by atoms with Crippen molar-refractivity contribution < 1.29 is 14.8 Å². The fourth-order valence-corrected chi connectivity index (χ4v) is 1.99. The second-order valence-electron chi connectivity index (χ2n) is 5.06. The van der Waals surface area contributed by atoms with Crippen LogP contribution < -0.4 is 10.6 Å². The molecule has 3 N–H and O–H groups in total. The van der Waals surface area contributed by atoms with Crippen LogP contribution in [0.5, 0.6) is 5.75 Å². The molecule has 8 nitrogen and oxygen atoms in total. The first-order chi connectivity index (χ1) is 11.9. The number of carbonyl (C=O) groups excluding carboxylic acids is 1. The molecule has 8 heteroatoms. The normalized spacial score (nSPS) is 10.6. The van der Waals surface area contributed by atoms with Crippen LogP contribution in [0, 0.1) is 28.4 Å². The molecule has 0 heterocycles. The number of nitro groups is 1. The lowest BCUT2D eigenvalue weighted by atomic mass is 10.2. The van der Waals surface area contributed by atoms with E-state index in [1.54, 1.807) is 18.2 Å². The number of anilines is 2. The smallest absolute Gasteiger partial charge is 0.292 e. The molecule has 0 aliphatic carbocycles. The van der Waals surface area contributed by atoms with Crippen molar-refractivity contribution in [2.75, 3.05) is 10.6 Å². The molecule has 2 rings (SSSR count). The van der Waals surface area contributed by atoms with E-state index in [4.69, 9.17) is 5.26 Å². The topological polar surface area (TPSA) is 128 Å². The van der Waals surface area contributed by atoms with Crippen molar-refractivity contribution in [2.24, 2.45) is 0 Å². The molecular formula is C17H14N4O4. The average molecular weight is 338 g/mol. The minimum atomic E-state index is -0.809. The zero-order chi connectivity index (χ0) is 18.4. The molecule has 0 bridgehead atoms. The van der Waals surface area contributed by atoms with E-state index in [1.165, 1.54) is 30.3 Å². The number of carbonyl (C=O) groups is 1. The molecule has 0 aliphatic rings. The molecule has 1 amide bonds. The van der Waals surface area contributed by atoms with E-state index < -0.39 is 10.8 Å². The number of phenolic OH excluding ortho intramolecular Hbond substituents is 1. The number of nitro benzene ring substituents is 1. The van der Waals surface area contributed by atoms with Crippen LogP contribution in [-0.4, -0.2) is 15.9 Å². The number of hydrogen-bond donors (Lipinski definition) is 3. The van der Waals surface area contributed by atoms with Gasteiger partial charge in [0.25, 0.3) is 11.6 Å². The van der Waals surface area contributed by atoms with Crippen molar-refractivity contribution >= 4 is 23.0 Å². The Hall–Kier alpha value is -3.86. The van der Waals surface area contributed by atoms with Gasteiger partial charge in [-0.1, -0.05) is 18.2 Å². The molecule has 0 aliphatic heterocycles. The molecule has 25 heavy (non-hydrogen) atoms. The Morgan fingerprint density at radius 1 is 1.28 bits per heavy atom. The molecule has 126 valence electrons. The van der Waals surface area contributed by atoms with Crippen molar-refractivity contribution in [2.45, 2.75) is 6.92 Å². The SMILES string of the molecule is Cc1ccc(O)c(N/C=C(/C#N)C(=O)Nc2ccccc2[N+](=O)[O-])c1. The number of phenols is 1. The minimum absolute atomic E-state index is 0.0166. The van der Waals surface area contributed by atoms with E-state index in [2.05, 4.69) is 10.6 Å². The van der Waals surface area contributed by atoms with Gasteiger partial charge in [-0.2, -0.15) is 5.26 Å². The fourth-order valence-electron chi connectivity index (χ4n) is 1.99. The number of para-hydroxylation sites is 2. The lowest BCUT2D eigenvalue weighted by Crippen LogP contribution is -2.15. The minimum Gasteiger partial charge on any atom is -0.506 e. The van der Waals surface area contributed by atoms with Crippen molar-refractivity contribution in [3.05, 3.63) is 69.9 Å². The second-order valence-corrected chi connectivity index (χ2v) is 5.06. The molecule has 0 atom stereocenters. The highest BCUT2D eigenvalue weighted by Gasteiger charge is 2.17. The second kappa shape index (κ2) is 7.61. The van der Waals surface area contributed by atoms with Gasteiger partial charge in [-0.15, -0.1) is 0 Å². The Bertz CT molecular complexity index is 900. The first-order valence-electron chi connectivity index (χ1n) is 7.13. The van der Waals surface area contributed by atoms with Gasteiger partial charge in [-0.25, -0.2) is 0 Å². The molecule has 0 saturated heterocycles. The van der Waals surface area contributed by atoms with Crippen LogP contribution in [0.4, 0.5) is 17.1 Å². The molecule has 2 aromatic carbocycles. The number of hydrogen-bond acceptors (Lipinski definition) is 6. The molecule has 0 saturated carbocycles. The number of amides is 1. The zero-order valence-corrected chi connectivity index (χ0v) is 13.2. The van der Waals surface area contributed by atoms with Crippen LogP contribution >= 0.6 is 0 Å². The Balaban J connectivity index is 2.20. The van der Waals surface area contributed by atoms with Crippen LogP contribution in [0.3, 0.4) is 0 Å². The Morgan fingerprint density at radius 2 is 2.00 bits per heavy atom. The Labute approximate surface area is 143 Å². The van der Waals surface area contributed by atoms with Crippen molar-refractivity contribution in [1.29, 1.82) is 5.26 Å². The van der Waals surface area contributed by atoms with Crippen LogP contribution in [-0.2, 0) is 4.79 Å². The summed E-state index contributed by atoms with van der Waals surface area (Å²) in [6, 6.07) is 12.1. The van der Waals surface area contributed by atoms with E-state index >= 15 is 0 Å². The number of nitrogens with one attached hydrogen (secondary N) is 2. The first kappa shape index (κ1) is 17.5. The van der Waals surface area contributed by atoms with Gasteiger partial charge < -0.3 is 15.7 Å². The van der Waals surface area contributed by atoms with Gasteiger partial charge in [0, 0.05) is 12.3 Å². The number of nitrogens with zero attached hydrogens (tertiary/aromatic N) is 2. The van der Waals surface area contributed by atoms with E-state index in [1.807, 2.05) is 6.92 Å². The number of aromatic hydroxyl groups is 1. The third-order valence-electron chi connectivity index (χ3n) is 3.24. The van der Waals surface area contributed by atoms with E-state index in [9.17, 15) is 20.0 Å². The summed E-state index contributed by atoms with van der Waals surface area (Å²) in [6.45, 7) is 1.82. The Kier molecular flexibility index (Phi) is 5.32. The molecule has 0 radical (unpaired) electrons. The number of rotatable bonds is 5. The van der Waals surface area contributed by atoms with Gasteiger partial charge in [0.05, 0.1) is 10.6 Å².